The van der Waals surface area contributed by atoms with Crippen LogP contribution >= 0.6 is 23.2 Å². The first-order valence-electron chi connectivity index (χ1n) is 5.29. The molecule has 18 heavy (non-hydrogen) atoms. The molecule has 6 nitrogen and oxygen atoms in total. The summed E-state index contributed by atoms with van der Waals surface area (Å²) in [5.41, 5.74) is 0. The molecule has 0 atom stereocenters. The second-order valence-corrected chi connectivity index (χ2v) is 4.19. The van der Waals surface area contributed by atoms with Crippen LogP contribution in [0, 0.1) is 0 Å². The van der Waals surface area contributed by atoms with Crippen LogP contribution in [0.15, 0.2) is 17.0 Å². The van der Waals surface area contributed by atoms with Crippen molar-refractivity contribution in [1.82, 2.24) is 15.1 Å². The van der Waals surface area contributed by atoms with Crippen molar-refractivity contribution in [3.63, 3.8) is 0 Å². The Morgan fingerprint density at radius 1 is 1.22 bits per heavy atom. The maximum Gasteiger partial charge on any atom is 0.213 e. The fourth-order valence-electron chi connectivity index (χ4n) is 1.32. The normalized spacial score (nSPS) is 10.4. The minimum Gasteiger partial charge on any atom is -0.369 e. The number of pyridine rings is 1. The molecule has 96 valence electrons. The van der Waals surface area contributed by atoms with Crippen molar-refractivity contribution < 1.29 is 4.52 Å². The molecule has 0 aliphatic carbocycles. The third kappa shape index (κ3) is 3.02. The Bertz CT molecular complexity index is 517. The van der Waals surface area contributed by atoms with Gasteiger partial charge in [-0.3, -0.25) is 0 Å². The van der Waals surface area contributed by atoms with Crippen LogP contribution in [-0.4, -0.2) is 21.7 Å². The minimum atomic E-state index is 0.371. The highest BCUT2D eigenvalue weighted by atomic mass is 35.5. The average Bonchev–Trinajstić information content (AvgIpc) is 2.84. The van der Waals surface area contributed by atoms with Gasteiger partial charge in [0.15, 0.2) is 5.82 Å². The zero-order chi connectivity index (χ0) is 13.0. The fourth-order valence-corrected chi connectivity index (χ4v) is 1.81. The lowest BCUT2D eigenvalue weighted by Gasteiger charge is -2.10. The lowest BCUT2D eigenvalue weighted by atomic mass is 10.4. The number of nitrogens with one attached hydrogen (secondary N) is 2. The Hall–Kier alpha value is -1.53. The Kier molecular flexibility index (Phi) is 4.22. The van der Waals surface area contributed by atoms with Crippen molar-refractivity contribution in [2.75, 3.05) is 17.2 Å². The molecule has 0 saturated heterocycles. The predicted molar refractivity (Wildman–Crippen MR) is 70.0 cm³/mol. The molecule has 0 saturated carbocycles. The van der Waals surface area contributed by atoms with Crippen molar-refractivity contribution >= 4 is 34.8 Å². The van der Waals surface area contributed by atoms with Crippen LogP contribution < -0.4 is 10.6 Å². The lowest BCUT2D eigenvalue weighted by molar-refractivity contribution is 0.411. The molecule has 0 aromatic carbocycles. The first kappa shape index (κ1) is 12.9. The van der Waals surface area contributed by atoms with Crippen LogP contribution in [0.25, 0.3) is 0 Å². The largest absolute Gasteiger partial charge is 0.369 e. The van der Waals surface area contributed by atoms with E-state index in [4.69, 9.17) is 23.2 Å². The zero-order valence-electron chi connectivity index (χ0n) is 9.57. The summed E-state index contributed by atoms with van der Waals surface area (Å²) < 4.78 is 4.63. The van der Waals surface area contributed by atoms with Gasteiger partial charge in [-0.15, -0.1) is 0 Å². The molecule has 0 radical (unpaired) electrons. The molecule has 0 amide bonds. The van der Waals surface area contributed by atoms with E-state index in [2.05, 4.69) is 30.3 Å². The van der Waals surface area contributed by atoms with Crippen LogP contribution in [-0.2, 0) is 6.54 Å². The number of hydrogen-bond donors (Lipinski definition) is 2. The molecule has 2 rings (SSSR count). The van der Waals surface area contributed by atoms with Crippen molar-refractivity contribution in [3.8, 4) is 0 Å². The molecule has 0 fully saturated rings. The molecule has 2 aromatic heterocycles. The van der Waals surface area contributed by atoms with E-state index in [-0.39, 0.29) is 0 Å². The van der Waals surface area contributed by atoms with E-state index < -0.39 is 0 Å². The molecule has 0 aliphatic rings. The molecule has 0 bridgehead atoms. The molecular formula is C10H11Cl2N5O. The predicted octanol–water partition coefficient (Wildman–Crippen LogP) is 2.82. The summed E-state index contributed by atoms with van der Waals surface area (Å²) in [4.78, 5) is 8.17. The van der Waals surface area contributed by atoms with Crippen molar-refractivity contribution in [1.29, 1.82) is 0 Å². The number of halogens is 2. The van der Waals surface area contributed by atoms with Gasteiger partial charge in [0.25, 0.3) is 0 Å². The molecule has 2 aromatic rings. The number of aromatic nitrogens is 3. The summed E-state index contributed by atoms with van der Waals surface area (Å²) in [5.74, 6) is 1.62. The third-order valence-corrected chi connectivity index (χ3v) is 2.67. The van der Waals surface area contributed by atoms with Crippen molar-refractivity contribution in [2.24, 2.45) is 0 Å². The van der Waals surface area contributed by atoms with Crippen LogP contribution in [0.4, 0.5) is 11.6 Å². The van der Waals surface area contributed by atoms with Crippen LogP contribution in [0.3, 0.4) is 0 Å². The fraction of sp³-hybridized carbons (Fsp3) is 0.300. The number of anilines is 2. The second kappa shape index (κ2) is 5.88. The van der Waals surface area contributed by atoms with Crippen LogP contribution in [0.2, 0.25) is 10.0 Å². The van der Waals surface area contributed by atoms with Crippen molar-refractivity contribution in [2.45, 2.75) is 13.5 Å². The molecule has 0 aliphatic heterocycles. The Balaban J connectivity index is 2.13. The van der Waals surface area contributed by atoms with Gasteiger partial charge in [0, 0.05) is 6.54 Å². The topological polar surface area (TPSA) is 75.9 Å². The van der Waals surface area contributed by atoms with Gasteiger partial charge in [0.05, 0.1) is 16.6 Å². The first-order chi connectivity index (χ1) is 8.70. The summed E-state index contributed by atoms with van der Waals surface area (Å²) in [5, 5.41) is 10.6. The SMILES string of the molecule is CCNc1nc(NCc2ncon2)c(Cl)cc1Cl. The molecule has 2 N–H and O–H groups in total. The van der Waals surface area contributed by atoms with Gasteiger partial charge in [0.1, 0.15) is 11.6 Å². The van der Waals surface area contributed by atoms with Crippen LogP contribution in [0.1, 0.15) is 12.7 Å². The maximum absolute atomic E-state index is 6.04. The molecule has 8 heteroatoms. The summed E-state index contributed by atoms with van der Waals surface area (Å²) in [6.45, 7) is 3.05. The Morgan fingerprint density at radius 2 is 1.94 bits per heavy atom. The summed E-state index contributed by atoms with van der Waals surface area (Å²) in [7, 11) is 0. The van der Waals surface area contributed by atoms with E-state index in [1.54, 1.807) is 6.07 Å². The van der Waals surface area contributed by atoms with Gasteiger partial charge < -0.3 is 15.2 Å². The number of nitrogens with zero attached hydrogens (tertiary/aromatic N) is 3. The average molecular weight is 288 g/mol. The third-order valence-electron chi connectivity index (χ3n) is 2.09. The highest BCUT2D eigenvalue weighted by Gasteiger charge is 2.09. The number of hydrogen-bond acceptors (Lipinski definition) is 6. The van der Waals surface area contributed by atoms with Gasteiger partial charge in [-0.25, -0.2) is 4.98 Å². The first-order valence-corrected chi connectivity index (χ1v) is 6.05. The van der Waals surface area contributed by atoms with E-state index in [0.717, 1.165) is 6.54 Å². The molecule has 0 unspecified atom stereocenters. The summed E-state index contributed by atoms with van der Waals surface area (Å²) >= 11 is 12.0. The zero-order valence-corrected chi connectivity index (χ0v) is 11.1. The van der Waals surface area contributed by atoms with Crippen molar-refractivity contribution in [3.05, 3.63) is 28.3 Å². The van der Waals surface area contributed by atoms with Crippen LogP contribution in [0.5, 0.6) is 0 Å². The minimum absolute atomic E-state index is 0.371. The molecule has 2 heterocycles. The quantitative estimate of drug-likeness (QED) is 0.881. The lowest BCUT2D eigenvalue weighted by Crippen LogP contribution is -2.06. The highest BCUT2D eigenvalue weighted by molar-refractivity contribution is 6.37. The number of rotatable bonds is 5. The smallest absolute Gasteiger partial charge is 0.213 e. The Labute approximate surface area is 114 Å². The van der Waals surface area contributed by atoms with Gasteiger partial charge in [-0.2, -0.15) is 4.98 Å². The van der Waals surface area contributed by atoms with Gasteiger partial charge in [-0.05, 0) is 13.0 Å². The monoisotopic (exact) mass is 287 g/mol. The van der Waals surface area contributed by atoms with E-state index >= 15 is 0 Å². The second-order valence-electron chi connectivity index (χ2n) is 3.38. The summed E-state index contributed by atoms with van der Waals surface area (Å²) in [6, 6.07) is 1.63. The van der Waals surface area contributed by atoms with E-state index in [1.807, 2.05) is 6.92 Å². The highest BCUT2D eigenvalue weighted by Crippen LogP contribution is 2.29. The van der Waals surface area contributed by atoms with Gasteiger partial charge in [0.2, 0.25) is 6.39 Å². The summed E-state index contributed by atoms with van der Waals surface area (Å²) in [6.07, 6.45) is 1.26. The maximum atomic E-state index is 6.04. The molecule has 0 spiro atoms. The van der Waals surface area contributed by atoms with E-state index in [0.29, 0.717) is 34.1 Å². The standard InChI is InChI=1S/C10H11Cl2N5O/c1-2-13-9-6(11)3-7(12)10(16-9)14-4-8-15-5-18-17-8/h3,5H,2,4H2,1H3,(H2,13,14,16). The van der Waals surface area contributed by atoms with E-state index in [1.165, 1.54) is 6.39 Å². The molecular weight excluding hydrogens is 277 g/mol. The van der Waals surface area contributed by atoms with E-state index in [9.17, 15) is 0 Å². The van der Waals surface area contributed by atoms with Gasteiger partial charge in [-0.1, -0.05) is 28.4 Å². The Morgan fingerprint density at radius 3 is 2.56 bits per heavy atom. The van der Waals surface area contributed by atoms with Gasteiger partial charge >= 0.3 is 0 Å².